The van der Waals surface area contributed by atoms with Gasteiger partial charge in [-0.25, -0.2) is 0 Å². The van der Waals surface area contributed by atoms with Crippen molar-refractivity contribution < 1.29 is 14.6 Å². The summed E-state index contributed by atoms with van der Waals surface area (Å²) in [4.78, 5) is 11.7. The Balaban J connectivity index is 1.82. The SMILES string of the molecule is NC1CC(C(=O)OCc2ccccc2)NC1O. The topological polar surface area (TPSA) is 84.6 Å². The van der Waals surface area contributed by atoms with Gasteiger partial charge in [0.2, 0.25) is 0 Å². The average molecular weight is 236 g/mol. The van der Waals surface area contributed by atoms with Gasteiger partial charge in [0.1, 0.15) is 18.9 Å². The van der Waals surface area contributed by atoms with Gasteiger partial charge in [0.25, 0.3) is 0 Å². The summed E-state index contributed by atoms with van der Waals surface area (Å²) in [5, 5.41) is 12.1. The van der Waals surface area contributed by atoms with Crippen molar-refractivity contribution in [1.82, 2.24) is 5.32 Å². The van der Waals surface area contributed by atoms with E-state index in [1.165, 1.54) is 0 Å². The number of aliphatic hydroxyl groups excluding tert-OH is 1. The highest BCUT2D eigenvalue weighted by Crippen LogP contribution is 2.12. The summed E-state index contributed by atoms with van der Waals surface area (Å²) in [6.07, 6.45) is -0.432. The molecule has 5 heteroatoms. The number of esters is 1. The quantitative estimate of drug-likeness (QED) is 0.629. The fourth-order valence-corrected chi connectivity index (χ4v) is 1.79. The lowest BCUT2D eigenvalue weighted by atomic mass is 10.2. The number of carbonyl (C=O) groups excluding carboxylic acids is 1. The summed E-state index contributed by atoms with van der Waals surface area (Å²) >= 11 is 0. The number of rotatable bonds is 3. The van der Waals surface area contributed by atoms with E-state index in [1.54, 1.807) is 0 Å². The van der Waals surface area contributed by atoms with Crippen LogP contribution in [0, 0.1) is 0 Å². The van der Waals surface area contributed by atoms with Gasteiger partial charge in [-0.15, -0.1) is 0 Å². The van der Waals surface area contributed by atoms with Crippen LogP contribution in [0.5, 0.6) is 0 Å². The predicted molar refractivity (Wildman–Crippen MR) is 61.8 cm³/mol. The van der Waals surface area contributed by atoms with Gasteiger partial charge in [0, 0.05) is 6.04 Å². The molecule has 0 aliphatic carbocycles. The van der Waals surface area contributed by atoms with Crippen molar-refractivity contribution in [1.29, 1.82) is 0 Å². The number of benzene rings is 1. The molecule has 0 saturated carbocycles. The lowest BCUT2D eigenvalue weighted by Gasteiger charge is -2.10. The third kappa shape index (κ3) is 3.03. The van der Waals surface area contributed by atoms with Crippen LogP contribution < -0.4 is 11.1 Å². The zero-order valence-corrected chi connectivity index (χ0v) is 9.37. The van der Waals surface area contributed by atoms with Crippen LogP contribution in [0.25, 0.3) is 0 Å². The first-order valence-electron chi connectivity index (χ1n) is 5.57. The molecule has 4 N–H and O–H groups in total. The molecule has 1 aromatic carbocycles. The van der Waals surface area contributed by atoms with Crippen molar-refractivity contribution in [3.05, 3.63) is 35.9 Å². The monoisotopic (exact) mass is 236 g/mol. The Morgan fingerprint density at radius 2 is 2.18 bits per heavy atom. The molecule has 2 rings (SSSR count). The molecule has 0 spiro atoms. The minimum absolute atomic E-state index is 0.239. The second-order valence-corrected chi connectivity index (χ2v) is 4.16. The van der Waals surface area contributed by atoms with E-state index in [0.29, 0.717) is 6.42 Å². The molecule has 0 bridgehead atoms. The number of aliphatic hydroxyl groups is 1. The first kappa shape index (κ1) is 12.0. The molecule has 0 radical (unpaired) electrons. The van der Waals surface area contributed by atoms with Crippen LogP contribution >= 0.6 is 0 Å². The molecule has 3 atom stereocenters. The van der Waals surface area contributed by atoms with Crippen LogP contribution in [-0.4, -0.2) is 29.4 Å². The van der Waals surface area contributed by atoms with Crippen molar-refractivity contribution in [2.45, 2.75) is 31.3 Å². The summed E-state index contributed by atoms with van der Waals surface area (Å²) < 4.78 is 5.14. The zero-order valence-electron chi connectivity index (χ0n) is 9.37. The van der Waals surface area contributed by atoms with Gasteiger partial charge >= 0.3 is 5.97 Å². The van der Waals surface area contributed by atoms with Crippen molar-refractivity contribution in [2.75, 3.05) is 0 Å². The number of ether oxygens (including phenoxy) is 1. The molecular formula is C12H16N2O3. The molecule has 3 unspecified atom stereocenters. The van der Waals surface area contributed by atoms with E-state index >= 15 is 0 Å². The smallest absolute Gasteiger partial charge is 0.323 e. The molecule has 1 aliphatic rings. The second kappa shape index (κ2) is 5.27. The lowest BCUT2D eigenvalue weighted by Crippen LogP contribution is -2.39. The van der Waals surface area contributed by atoms with E-state index in [-0.39, 0.29) is 12.6 Å². The Labute approximate surface area is 99.6 Å². The van der Waals surface area contributed by atoms with Crippen LogP contribution in [0.1, 0.15) is 12.0 Å². The Bertz CT molecular complexity index is 373. The average Bonchev–Trinajstić information content (AvgIpc) is 2.68. The van der Waals surface area contributed by atoms with E-state index in [4.69, 9.17) is 10.5 Å². The number of hydrogen-bond acceptors (Lipinski definition) is 5. The normalized spacial score (nSPS) is 28.0. The summed E-state index contributed by atoms with van der Waals surface area (Å²) in [6.45, 7) is 0.239. The van der Waals surface area contributed by atoms with Gasteiger partial charge in [-0.1, -0.05) is 30.3 Å². The predicted octanol–water partition coefficient (Wildman–Crippen LogP) is -0.263. The van der Waals surface area contributed by atoms with Gasteiger partial charge in [-0.05, 0) is 12.0 Å². The van der Waals surface area contributed by atoms with Crippen LogP contribution in [0.2, 0.25) is 0 Å². The number of hydrogen-bond donors (Lipinski definition) is 3. The van der Waals surface area contributed by atoms with Crippen LogP contribution in [-0.2, 0) is 16.1 Å². The first-order chi connectivity index (χ1) is 8.16. The molecule has 0 aromatic heterocycles. The van der Waals surface area contributed by atoms with Crippen LogP contribution in [0.15, 0.2) is 30.3 Å². The number of nitrogens with two attached hydrogens (primary N) is 1. The molecule has 17 heavy (non-hydrogen) atoms. The highest BCUT2D eigenvalue weighted by molar-refractivity contribution is 5.76. The van der Waals surface area contributed by atoms with Crippen molar-refractivity contribution >= 4 is 5.97 Å². The lowest BCUT2D eigenvalue weighted by molar-refractivity contribution is -0.147. The second-order valence-electron chi connectivity index (χ2n) is 4.16. The van der Waals surface area contributed by atoms with Crippen LogP contribution in [0.4, 0.5) is 0 Å². The zero-order chi connectivity index (χ0) is 12.3. The molecule has 92 valence electrons. The minimum Gasteiger partial charge on any atom is -0.460 e. The fourth-order valence-electron chi connectivity index (χ4n) is 1.79. The maximum Gasteiger partial charge on any atom is 0.323 e. The molecule has 0 amide bonds. The highest BCUT2D eigenvalue weighted by atomic mass is 16.5. The Morgan fingerprint density at radius 1 is 1.47 bits per heavy atom. The Morgan fingerprint density at radius 3 is 2.76 bits per heavy atom. The highest BCUT2D eigenvalue weighted by Gasteiger charge is 2.34. The van der Waals surface area contributed by atoms with Gasteiger partial charge < -0.3 is 15.6 Å². The van der Waals surface area contributed by atoms with Crippen molar-refractivity contribution in [2.24, 2.45) is 5.73 Å². The molecule has 1 aromatic rings. The fraction of sp³-hybridized carbons (Fsp3) is 0.417. The minimum atomic E-state index is -0.829. The van der Waals surface area contributed by atoms with E-state index < -0.39 is 18.3 Å². The molecule has 1 saturated heterocycles. The number of carbonyl (C=O) groups is 1. The van der Waals surface area contributed by atoms with E-state index in [1.807, 2.05) is 30.3 Å². The molecule has 1 heterocycles. The van der Waals surface area contributed by atoms with Gasteiger partial charge in [-0.3, -0.25) is 10.1 Å². The maximum atomic E-state index is 11.7. The number of nitrogens with one attached hydrogen (secondary N) is 1. The van der Waals surface area contributed by atoms with E-state index in [2.05, 4.69) is 5.32 Å². The maximum absolute atomic E-state index is 11.7. The van der Waals surface area contributed by atoms with Gasteiger partial charge in [0.05, 0.1) is 0 Å². The third-order valence-electron chi connectivity index (χ3n) is 2.79. The Kier molecular flexibility index (Phi) is 3.73. The first-order valence-corrected chi connectivity index (χ1v) is 5.57. The van der Waals surface area contributed by atoms with Crippen molar-refractivity contribution in [3.8, 4) is 0 Å². The molecule has 5 nitrogen and oxygen atoms in total. The Hall–Kier alpha value is -1.43. The summed E-state index contributed by atoms with van der Waals surface area (Å²) in [7, 11) is 0. The van der Waals surface area contributed by atoms with Crippen LogP contribution in [0.3, 0.4) is 0 Å². The molecule has 1 aliphatic heterocycles. The van der Waals surface area contributed by atoms with Gasteiger partial charge in [-0.2, -0.15) is 0 Å². The standard InChI is InChI=1S/C12H16N2O3/c13-9-6-10(14-11(9)15)12(16)17-7-8-4-2-1-3-5-8/h1-5,9-11,14-15H,6-7,13H2. The summed E-state index contributed by atoms with van der Waals surface area (Å²) in [5.41, 5.74) is 6.53. The van der Waals surface area contributed by atoms with E-state index in [0.717, 1.165) is 5.56 Å². The summed E-state index contributed by atoms with van der Waals surface area (Å²) in [5.74, 6) is -0.374. The van der Waals surface area contributed by atoms with E-state index in [9.17, 15) is 9.90 Å². The largest absolute Gasteiger partial charge is 0.460 e. The molecule has 1 fully saturated rings. The van der Waals surface area contributed by atoms with Gasteiger partial charge in [0.15, 0.2) is 0 Å². The third-order valence-corrected chi connectivity index (χ3v) is 2.79. The van der Waals surface area contributed by atoms with Crippen molar-refractivity contribution in [3.63, 3.8) is 0 Å². The molecular weight excluding hydrogens is 220 g/mol. The summed E-state index contributed by atoms with van der Waals surface area (Å²) in [6, 6.07) is 8.52.